The second-order valence-corrected chi connectivity index (χ2v) is 9.93. The van der Waals surface area contributed by atoms with Gasteiger partial charge in [-0.15, -0.1) is 0 Å². The van der Waals surface area contributed by atoms with Crippen molar-refractivity contribution in [1.29, 1.82) is 0 Å². The van der Waals surface area contributed by atoms with Crippen LogP contribution in [0.4, 0.5) is 0 Å². The Bertz CT molecular complexity index is 1170. The van der Waals surface area contributed by atoms with E-state index >= 15 is 0 Å². The number of carbonyl (C=O) groups is 1. The fourth-order valence-electron chi connectivity index (χ4n) is 4.15. The first-order valence-electron chi connectivity index (χ1n) is 10.9. The molecule has 0 radical (unpaired) electrons. The first-order chi connectivity index (χ1) is 15.3. The van der Waals surface area contributed by atoms with Crippen molar-refractivity contribution in [2.24, 2.45) is 16.8 Å². The minimum absolute atomic E-state index is 0.0154. The minimum atomic E-state index is -0.410. The summed E-state index contributed by atoms with van der Waals surface area (Å²) in [5, 5.41) is 11.3. The molecule has 4 rings (SSSR count). The molecule has 0 aromatic carbocycles. The molecule has 1 amide bonds. The molecule has 0 spiro atoms. The van der Waals surface area contributed by atoms with Gasteiger partial charge >= 0.3 is 0 Å². The summed E-state index contributed by atoms with van der Waals surface area (Å²) in [7, 11) is 0. The van der Waals surface area contributed by atoms with Gasteiger partial charge in [0.05, 0.1) is 11.1 Å². The fraction of sp³-hybridized carbons (Fsp3) is 0.417. The van der Waals surface area contributed by atoms with Gasteiger partial charge in [0.1, 0.15) is 11.4 Å². The van der Waals surface area contributed by atoms with Crippen LogP contribution in [-0.4, -0.2) is 21.3 Å². The van der Waals surface area contributed by atoms with Gasteiger partial charge in [0.2, 0.25) is 5.88 Å². The molecule has 0 aliphatic carbocycles. The van der Waals surface area contributed by atoms with Crippen LogP contribution in [-0.2, 0) is 6.54 Å². The zero-order chi connectivity index (χ0) is 23.0. The van der Waals surface area contributed by atoms with Crippen molar-refractivity contribution in [3.63, 3.8) is 0 Å². The molecule has 8 heteroatoms. The van der Waals surface area contributed by atoms with E-state index in [1.165, 1.54) is 0 Å². The summed E-state index contributed by atoms with van der Waals surface area (Å²) in [5.74, 6) is 1.55. The van der Waals surface area contributed by atoms with Crippen molar-refractivity contribution < 1.29 is 18.7 Å². The van der Waals surface area contributed by atoms with Crippen LogP contribution in [0.1, 0.15) is 68.1 Å². The molecule has 4 heterocycles. The topological polar surface area (TPSA) is 80.9 Å². The fourth-order valence-corrected chi connectivity index (χ4v) is 4.77. The number of nitrogens with zero attached hydrogens (tertiary/aromatic N) is 2. The van der Waals surface area contributed by atoms with Crippen LogP contribution >= 0.6 is 31.9 Å². The van der Waals surface area contributed by atoms with Crippen molar-refractivity contribution in [3.8, 4) is 17.3 Å². The number of hydrogen-bond donors (Lipinski definition) is 1. The molecule has 6 nitrogen and oxygen atoms in total. The van der Waals surface area contributed by atoms with Gasteiger partial charge in [-0.3, -0.25) is 4.79 Å². The largest absolute Gasteiger partial charge is 0.494 e. The van der Waals surface area contributed by atoms with E-state index in [1.54, 1.807) is 24.3 Å². The number of amides is 1. The number of halogens is 2. The maximum Gasteiger partial charge on any atom is 0.280 e. The molecule has 32 heavy (non-hydrogen) atoms. The quantitative estimate of drug-likeness (QED) is 0.293. The molecule has 0 bridgehead atoms. The van der Waals surface area contributed by atoms with E-state index in [1.807, 2.05) is 4.57 Å². The lowest BCUT2D eigenvalue weighted by molar-refractivity contribution is 0.101. The Morgan fingerprint density at radius 1 is 1.00 bits per heavy atom. The third kappa shape index (κ3) is 4.27. The van der Waals surface area contributed by atoms with Crippen molar-refractivity contribution in [3.05, 3.63) is 50.5 Å². The molecule has 0 saturated carbocycles. The second kappa shape index (κ2) is 9.43. The average Bonchev–Trinajstić information content (AvgIpc) is 3.52. The van der Waals surface area contributed by atoms with E-state index in [0.29, 0.717) is 61.8 Å². The Morgan fingerprint density at radius 3 is 2.22 bits per heavy atom. The lowest BCUT2D eigenvalue weighted by Gasteiger charge is -2.20. The zero-order valence-electron chi connectivity index (χ0n) is 18.3. The number of fused-ring (bicyclic) bond motifs is 1. The molecular formula is C24H26Br2N2O4. The van der Waals surface area contributed by atoms with E-state index in [0.717, 1.165) is 25.7 Å². The van der Waals surface area contributed by atoms with Crippen molar-refractivity contribution >= 4 is 43.5 Å². The lowest BCUT2D eigenvalue weighted by atomic mass is 9.93. The highest BCUT2D eigenvalue weighted by Crippen LogP contribution is 2.43. The maximum absolute atomic E-state index is 13.0. The third-order valence-corrected chi connectivity index (χ3v) is 7.15. The molecule has 3 aromatic heterocycles. The lowest BCUT2D eigenvalue weighted by Crippen LogP contribution is -2.13. The highest BCUT2D eigenvalue weighted by atomic mass is 79.9. The Hall–Kier alpha value is -2.06. The van der Waals surface area contributed by atoms with Crippen molar-refractivity contribution in [2.45, 2.75) is 53.0 Å². The van der Waals surface area contributed by atoms with E-state index in [9.17, 15) is 9.90 Å². The van der Waals surface area contributed by atoms with Crippen LogP contribution in [0, 0.1) is 11.8 Å². The highest BCUT2D eigenvalue weighted by molar-refractivity contribution is 9.10. The Morgan fingerprint density at radius 2 is 1.66 bits per heavy atom. The summed E-state index contributed by atoms with van der Waals surface area (Å²) in [5.41, 5.74) is 1.64. The van der Waals surface area contributed by atoms with Gasteiger partial charge in [-0.1, -0.05) is 40.0 Å². The van der Waals surface area contributed by atoms with Crippen molar-refractivity contribution in [1.82, 2.24) is 4.57 Å². The summed E-state index contributed by atoms with van der Waals surface area (Å²) >= 11 is 6.64. The molecule has 2 unspecified atom stereocenters. The summed E-state index contributed by atoms with van der Waals surface area (Å²) in [6.07, 6.45) is 4.30. The number of aromatic nitrogens is 1. The highest BCUT2D eigenvalue weighted by Gasteiger charge is 2.38. The Labute approximate surface area is 204 Å². The van der Waals surface area contributed by atoms with Crippen LogP contribution < -0.4 is 0 Å². The summed E-state index contributed by atoms with van der Waals surface area (Å²) < 4.78 is 14.4. The number of carbonyl (C=O) groups excluding carboxylic acids is 1. The molecule has 1 aliphatic rings. The summed E-state index contributed by atoms with van der Waals surface area (Å²) in [6.45, 7) is 7.22. The number of furan rings is 2. The first-order valence-corrected chi connectivity index (χ1v) is 12.5. The van der Waals surface area contributed by atoms with Crippen LogP contribution in [0.5, 0.6) is 5.88 Å². The second-order valence-electron chi connectivity index (χ2n) is 8.37. The van der Waals surface area contributed by atoms with Gasteiger partial charge in [-0.05, 0) is 74.4 Å². The molecule has 170 valence electrons. The van der Waals surface area contributed by atoms with Gasteiger partial charge in [-0.2, -0.15) is 0 Å². The molecule has 1 aliphatic heterocycles. The number of rotatable bonds is 9. The van der Waals surface area contributed by atoms with E-state index in [2.05, 4.69) is 57.6 Å². The molecule has 3 aromatic rings. The van der Waals surface area contributed by atoms with Gasteiger partial charge in [-0.25, -0.2) is 4.99 Å². The predicted octanol–water partition coefficient (Wildman–Crippen LogP) is 7.42. The smallest absolute Gasteiger partial charge is 0.280 e. The predicted molar refractivity (Wildman–Crippen MR) is 130 cm³/mol. The van der Waals surface area contributed by atoms with Gasteiger partial charge < -0.3 is 18.5 Å². The number of aliphatic imine (C=N–C) groups is 1. The molecule has 0 fully saturated rings. The standard InChI is InChI=1S/C24H26Br2N2O4/c1-4-13(3)6-7-14(5-2)12-28-22(16-9-11-18(26)32-16)20-19(24(28)30)21(27-23(20)29)15-8-10-17(25)31-15/h8-11,13-14,30H,4-7,12H2,1-3H3. The Balaban J connectivity index is 1.81. The number of hydrogen-bond acceptors (Lipinski definition) is 4. The normalized spacial score (nSPS) is 15.2. The van der Waals surface area contributed by atoms with Gasteiger partial charge in [0.15, 0.2) is 20.9 Å². The third-order valence-electron chi connectivity index (χ3n) is 6.30. The molecular weight excluding hydrogens is 540 g/mol. The molecule has 0 saturated heterocycles. The monoisotopic (exact) mass is 564 g/mol. The molecule has 2 atom stereocenters. The van der Waals surface area contributed by atoms with Crippen molar-refractivity contribution in [2.75, 3.05) is 0 Å². The minimum Gasteiger partial charge on any atom is -0.494 e. The SMILES string of the molecule is CCC(C)CCC(CC)Cn1c(O)c2c(c1-c1ccc(Br)o1)C(=O)N=C2c1ccc(Br)o1. The van der Waals surface area contributed by atoms with Crippen LogP contribution in [0.25, 0.3) is 11.5 Å². The van der Waals surface area contributed by atoms with Gasteiger partial charge in [0.25, 0.3) is 5.91 Å². The summed E-state index contributed by atoms with van der Waals surface area (Å²) in [4.78, 5) is 17.2. The van der Waals surface area contributed by atoms with Gasteiger partial charge in [0, 0.05) is 6.54 Å². The van der Waals surface area contributed by atoms with Crippen LogP contribution in [0.3, 0.4) is 0 Å². The Kier molecular flexibility index (Phi) is 6.81. The molecule has 1 N–H and O–H groups in total. The summed E-state index contributed by atoms with van der Waals surface area (Å²) in [6, 6.07) is 7.04. The maximum atomic E-state index is 13.0. The van der Waals surface area contributed by atoms with E-state index in [-0.39, 0.29) is 5.88 Å². The zero-order valence-corrected chi connectivity index (χ0v) is 21.5. The average molecular weight is 566 g/mol. The van der Waals surface area contributed by atoms with Crippen LogP contribution in [0.2, 0.25) is 0 Å². The van der Waals surface area contributed by atoms with E-state index < -0.39 is 5.91 Å². The van der Waals surface area contributed by atoms with Crippen LogP contribution in [0.15, 0.2) is 47.4 Å². The number of aromatic hydroxyl groups is 1. The first kappa shape index (κ1) is 23.1. The van der Waals surface area contributed by atoms with E-state index in [4.69, 9.17) is 8.83 Å².